The van der Waals surface area contributed by atoms with Crippen molar-refractivity contribution in [2.45, 2.75) is 38.3 Å². The monoisotopic (exact) mass is 542 g/mol. The lowest BCUT2D eigenvalue weighted by Gasteiger charge is -2.38. The van der Waals surface area contributed by atoms with Gasteiger partial charge in [-0.1, -0.05) is 35.5 Å². The van der Waals surface area contributed by atoms with Crippen molar-refractivity contribution in [1.82, 2.24) is 29.4 Å². The summed E-state index contributed by atoms with van der Waals surface area (Å²) in [5.74, 6) is -0.0928. The average Bonchev–Trinajstić information content (AvgIpc) is 3.55. The number of carbonyl (C=O) groups excluding carboxylic acids is 1. The number of fused-ring (bicyclic) bond motifs is 1. The van der Waals surface area contributed by atoms with Crippen LogP contribution in [0.25, 0.3) is 16.7 Å². The van der Waals surface area contributed by atoms with E-state index < -0.39 is 5.60 Å². The predicted molar refractivity (Wildman–Crippen MR) is 144 cm³/mol. The van der Waals surface area contributed by atoms with Crippen LogP contribution < -0.4 is 5.56 Å². The molecule has 6 rings (SSSR count). The number of likely N-dealkylation sites (tertiary alicyclic amines) is 1. The van der Waals surface area contributed by atoms with Crippen molar-refractivity contribution in [3.05, 3.63) is 106 Å². The highest BCUT2D eigenvalue weighted by Gasteiger charge is 2.36. The van der Waals surface area contributed by atoms with E-state index in [-0.39, 0.29) is 42.1 Å². The summed E-state index contributed by atoms with van der Waals surface area (Å²) in [6.45, 7) is 2.39. The lowest BCUT2D eigenvalue weighted by atomic mass is 9.90. The lowest BCUT2D eigenvalue weighted by Crippen LogP contribution is -2.49. The molecular formula is C29H27FN6O4. The summed E-state index contributed by atoms with van der Waals surface area (Å²) in [5.41, 5.74) is 1.45. The summed E-state index contributed by atoms with van der Waals surface area (Å²) < 4.78 is 21.5. The van der Waals surface area contributed by atoms with Gasteiger partial charge in [-0.05, 0) is 49.6 Å². The van der Waals surface area contributed by atoms with Crippen molar-refractivity contribution in [2.75, 3.05) is 13.1 Å². The average molecular weight is 543 g/mol. The van der Waals surface area contributed by atoms with Gasteiger partial charge in [0.25, 0.3) is 11.5 Å². The largest absolute Gasteiger partial charge is 0.388 e. The van der Waals surface area contributed by atoms with Gasteiger partial charge in [-0.15, -0.1) is 0 Å². The van der Waals surface area contributed by atoms with E-state index in [1.165, 1.54) is 33.9 Å². The van der Waals surface area contributed by atoms with Gasteiger partial charge in [-0.2, -0.15) is 5.10 Å². The Morgan fingerprint density at radius 3 is 2.55 bits per heavy atom. The number of halogens is 1. The molecule has 0 aliphatic carbocycles. The first-order valence-electron chi connectivity index (χ1n) is 13.0. The zero-order valence-electron chi connectivity index (χ0n) is 21.8. The minimum Gasteiger partial charge on any atom is -0.388 e. The first-order chi connectivity index (χ1) is 19.3. The smallest absolute Gasteiger partial charge is 0.264 e. The van der Waals surface area contributed by atoms with Gasteiger partial charge < -0.3 is 14.5 Å². The van der Waals surface area contributed by atoms with Crippen molar-refractivity contribution in [3.8, 4) is 5.69 Å². The number of aromatic nitrogens is 5. The number of nitrogens with zero attached hydrogens (tertiary/aromatic N) is 6. The molecule has 11 heteroatoms. The fourth-order valence-electron chi connectivity index (χ4n) is 5.19. The molecule has 0 radical (unpaired) electrons. The van der Waals surface area contributed by atoms with Gasteiger partial charge in [-0.25, -0.2) is 14.1 Å². The molecule has 0 atom stereocenters. The van der Waals surface area contributed by atoms with Crippen molar-refractivity contribution < 1.29 is 18.8 Å². The summed E-state index contributed by atoms with van der Waals surface area (Å²) in [5, 5.41) is 20.0. The molecule has 10 nitrogen and oxygen atoms in total. The second kappa shape index (κ2) is 10.2. The molecule has 0 spiro atoms. The van der Waals surface area contributed by atoms with Gasteiger partial charge in [0, 0.05) is 19.5 Å². The normalized spacial score (nSPS) is 15.0. The zero-order valence-corrected chi connectivity index (χ0v) is 21.8. The van der Waals surface area contributed by atoms with Crippen LogP contribution in [-0.2, 0) is 13.0 Å². The van der Waals surface area contributed by atoms with Crippen LogP contribution in [0.1, 0.15) is 40.2 Å². The van der Waals surface area contributed by atoms with Crippen molar-refractivity contribution in [3.63, 3.8) is 0 Å². The Labute approximate surface area is 228 Å². The summed E-state index contributed by atoms with van der Waals surface area (Å²) >= 11 is 0. The second-order valence-corrected chi connectivity index (χ2v) is 10.2. The molecule has 1 fully saturated rings. The van der Waals surface area contributed by atoms with E-state index >= 15 is 0 Å². The highest BCUT2D eigenvalue weighted by molar-refractivity contribution is 5.96. The van der Waals surface area contributed by atoms with Crippen LogP contribution in [0.3, 0.4) is 0 Å². The zero-order chi connectivity index (χ0) is 27.9. The molecule has 1 N–H and O–H groups in total. The Morgan fingerprint density at radius 2 is 1.82 bits per heavy atom. The predicted octanol–water partition coefficient (Wildman–Crippen LogP) is 3.28. The number of carbonyl (C=O) groups is 1. The first kappa shape index (κ1) is 25.6. The maximum Gasteiger partial charge on any atom is 0.264 e. The number of aryl methyl sites for hydroxylation is 1. The van der Waals surface area contributed by atoms with Crippen molar-refractivity contribution >= 4 is 16.9 Å². The van der Waals surface area contributed by atoms with Gasteiger partial charge in [0.2, 0.25) is 0 Å². The molecule has 0 bridgehead atoms. The van der Waals surface area contributed by atoms with Gasteiger partial charge in [0.05, 0.1) is 24.0 Å². The SMILES string of the molecule is Cc1onc(Cc2ccccc2)c1C(=O)N1CCC(O)(Cn2cnc3c(cnn3-c3ccc(F)cc3)c2=O)CC1. The summed E-state index contributed by atoms with van der Waals surface area (Å²) in [7, 11) is 0. The highest BCUT2D eigenvalue weighted by Crippen LogP contribution is 2.27. The van der Waals surface area contributed by atoms with E-state index in [2.05, 4.69) is 15.2 Å². The Bertz CT molecular complexity index is 1730. The number of rotatable bonds is 6. The van der Waals surface area contributed by atoms with Crippen LogP contribution in [-0.4, -0.2) is 59.1 Å². The number of aliphatic hydroxyl groups is 1. The molecular weight excluding hydrogens is 515 g/mol. The van der Waals surface area contributed by atoms with Gasteiger partial charge >= 0.3 is 0 Å². The molecule has 4 heterocycles. The maximum absolute atomic E-state index is 13.4. The number of hydrogen-bond acceptors (Lipinski definition) is 7. The van der Waals surface area contributed by atoms with Gasteiger partial charge in [-0.3, -0.25) is 14.2 Å². The quantitative estimate of drug-likeness (QED) is 0.350. The summed E-state index contributed by atoms with van der Waals surface area (Å²) in [6, 6.07) is 15.5. The summed E-state index contributed by atoms with van der Waals surface area (Å²) in [6.07, 6.45) is 3.86. The molecule has 1 aliphatic heterocycles. The number of amides is 1. The number of benzene rings is 2. The standard InChI is InChI=1S/C29H27FN6O4/c1-19-25(24(33-40-19)15-20-5-3-2-4-6-20)28(38)34-13-11-29(39,12-14-34)17-35-18-31-26-23(27(35)37)16-32-36(26)22-9-7-21(30)8-10-22/h2-10,16,18,39H,11-15,17H2,1H3. The topological polar surface area (TPSA) is 119 Å². The van der Waals surface area contributed by atoms with Crippen LogP contribution in [0.5, 0.6) is 0 Å². The van der Waals surface area contributed by atoms with Crippen LogP contribution in [0.15, 0.2) is 76.4 Å². The van der Waals surface area contributed by atoms with E-state index in [0.29, 0.717) is 47.9 Å². The molecule has 2 aromatic carbocycles. The highest BCUT2D eigenvalue weighted by atomic mass is 19.1. The van der Waals surface area contributed by atoms with E-state index in [9.17, 15) is 19.1 Å². The van der Waals surface area contributed by atoms with Gasteiger partial charge in [0.15, 0.2) is 5.65 Å². The first-order valence-corrected chi connectivity index (χ1v) is 13.0. The molecule has 1 amide bonds. The molecule has 204 valence electrons. The van der Waals surface area contributed by atoms with E-state index in [0.717, 1.165) is 5.56 Å². The Balaban J connectivity index is 1.16. The fourth-order valence-corrected chi connectivity index (χ4v) is 5.19. The number of hydrogen-bond donors (Lipinski definition) is 1. The Morgan fingerprint density at radius 1 is 1.10 bits per heavy atom. The Hall–Kier alpha value is -4.64. The minimum atomic E-state index is -1.19. The third-order valence-corrected chi connectivity index (χ3v) is 7.43. The fraction of sp³-hybridized carbons (Fsp3) is 0.276. The lowest BCUT2D eigenvalue weighted by molar-refractivity contribution is -0.0299. The molecule has 5 aromatic rings. The van der Waals surface area contributed by atoms with Gasteiger partial charge in [0.1, 0.15) is 34.5 Å². The van der Waals surface area contributed by atoms with E-state index in [1.54, 1.807) is 24.0 Å². The Kier molecular flexibility index (Phi) is 6.51. The van der Waals surface area contributed by atoms with Crippen LogP contribution >= 0.6 is 0 Å². The summed E-state index contributed by atoms with van der Waals surface area (Å²) in [4.78, 5) is 32.8. The maximum atomic E-state index is 13.4. The molecule has 40 heavy (non-hydrogen) atoms. The van der Waals surface area contributed by atoms with Crippen molar-refractivity contribution in [2.24, 2.45) is 0 Å². The van der Waals surface area contributed by atoms with Crippen molar-refractivity contribution in [1.29, 1.82) is 0 Å². The molecule has 1 aliphatic rings. The second-order valence-electron chi connectivity index (χ2n) is 10.2. The minimum absolute atomic E-state index is 0.0318. The van der Waals surface area contributed by atoms with Crippen LogP contribution in [0, 0.1) is 12.7 Å². The third-order valence-electron chi connectivity index (χ3n) is 7.43. The molecule has 0 saturated carbocycles. The van der Waals surface area contributed by atoms with E-state index in [1.807, 2.05) is 30.3 Å². The van der Waals surface area contributed by atoms with Crippen LogP contribution in [0.2, 0.25) is 0 Å². The molecule has 3 aromatic heterocycles. The van der Waals surface area contributed by atoms with Crippen LogP contribution in [0.4, 0.5) is 4.39 Å². The molecule has 1 saturated heterocycles. The van der Waals surface area contributed by atoms with E-state index in [4.69, 9.17) is 4.52 Å². The number of piperidine rings is 1. The third kappa shape index (κ3) is 4.79. The molecule has 0 unspecified atom stereocenters.